The van der Waals surface area contributed by atoms with Crippen LogP contribution >= 0.6 is 0 Å². The third-order valence-electron chi connectivity index (χ3n) is 5.33. The lowest BCUT2D eigenvalue weighted by Crippen LogP contribution is -2.34. The number of carbonyl (C=O) groups is 2. The second-order valence-corrected chi connectivity index (χ2v) is 7.65. The van der Waals surface area contributed by atoms with E-state index in [0.717, 1.165) is 11.1 Å². The van der Waals surface area contributed by atoms with Crippen molar-refractivity contribution in [2.24, 2.45) is 0 Å². The van der Waals surface area contributed by atoms with E-state index >= 15 is 0 Å². The Kier molecular flexibility index (Phi) is 5.55. The number of rotatable bonds is 6. The maximum Gasteiger partial charge on any atom is 0.282 e. The first-order valence-electron chi connectivity index (χ1n) is 10.1. The number of imide groups is 1. The molecule has 0 bridgehead atoms. The van der Waals surface area contributed by atoms with Crippen LogP contribution in [0.3, 0.4) is 0 Å². The smallest absolute Gasteiger partial charge is 0.282 e. The van der Waals surface area contributed by atoms with Crippen LogP contribution in [-0.2, 0) is 16.1 Å². The van der Waals surface area contributed by atoms with Crippen LogP contribution in [0.4, 0.5) is 11.4 Å². The highest BCUT2D eigenvalue weighted by atomic mass is 16.6. The summed E-state index contributed by atoms with van der Waals surface area (Å²) in [6.07, 6.45) is 0. The third-order valence-corrected chi connectivity index (χ3v) is 5.33. The molecule has 3 aromatic carbocycles. The molecule has 7 nitrogen and oxygen atoms in total. The van der Waals surface area contributed by atoms with Crippen molar-refractivity contribution < 1.29 is 14.5 Å². The van der Waals surface area contributed by atoms with Crippen molar-refractivity contribution in [3.8, 4) is 0 Å². The summed E-state index contributed by atoms with van der Waals surface area (Å²) < 4.78 is 0. The van der Waals surface area contributed by atoms with Crippen molar-refractivity contribution in [1.29, 1.82) is 0 Å². The van der Waals surface area contributed by atoms with Crippen LogP contribution in [0.1, 0.15) is 16.7 Å². The molecule has 0 unspecified atom stereocenters. The lowest BCUT2D eigenvalue weighted by Gasteiger charge is -2.21. The summed E-state index contributed by atoms with van der Waals surface area (Å²) in [4.78, 5) is 40.5. The van der Waals surface area contributed by atoms with Crippen LogP contribution in [0, 0.1) is 17.0 Å². The molecule has 3 aromatic rings. The maximum atomic E-state index is 13.5. The summed E-state index contributed by atoms with van der Waals surface area (Å²) in [5.74, 6) is -0.878. The summed E-state index contributed by atoms with van der Waals surface area (Å²) in [5.41, 5.74) is 3.26. The number of aryl methyl sites for hydroxylation is 1. The molecule has 2 amide bonds. The Balaban J connectivity index is 1.81. The fourth-order valence-corrected chi connectivity index (χ4v) is 3.82. The Morgan fingerprint density at radius 3 is 2.22 bits per heavy atom. The maximum absolute atomic E-state index is 13.5. The van der Waals surface area contributed by atoms with Crippen LogP contribution < -0.4 is 4.90 Å². The van der Waals surface area contributed by atoms with Gasteiger partial charge >= 0.3 is 0 Å². The van der Waals surface area contributed by atoms with Gasteiger partial charge in [-0.15, -0.1) is 0 Å². The van der Waals surface area contributed by atoms with Gasteiger partial charge in [-0.25, -0.2) is 4.90 Å². The number of carbonyl (C=O) groups excluding carboxylic acids is 2. The number of likely N-dealkylation sites (N-methyl/N-ethyl adjacent to an activating group) is 1. The predicted octanol–water partition coefficient (Wildman–Crippen LogP) is 4.32. The minimum Gasteiger partial charge on any atom is -0.365 e. The largest absolute Gasteiger partial charge is 0.365 e. The van der Waals surface area contributed by atoms with Gasteiger partial charge in [-0.3, -0.25) is 19.7 Å². The fraction of sp³-hybridized carbons (Fsp3) is 0.120. The van der Waals surface area contributed by atoms with Gasteiger partial charge in [-0.2, -0.15) is 0 Å². The number of nitro benzene ring substituents is 1. The molecule has 0 aliphatic carbocycles. The summed E-state index contributed by atoms with van der Waals surface area (Å²) in [5, 5.41) is 11.1. The van der Waals surface area contributed by atoms with Gasteiger partial charge in [0.15, 0.2) is 0 Å². The zero-order valence-corrected chi connectivity index (χ0v) is 17.7. The molecule has 0 aromatic heterocycles. The number of hydrogen-bond donors (Lipinski definition) is 0. The van der Waals surface area contributed by atoms with Crippen molar-refractivity contribution in [3.63, 3.8) is 0 Å². The van der Waals surface area contributed by atoms with E-state index < -0.39 is 16.7 Å². The minimum atomic E-state index is -0.499. The van der Waals surface area contributed by atoms with E-state index in [0.29, 0.717) is 17.8 Å². The summed E-state index contributed by atoms with van der Waals surface area (Å²) in [6, 6.07) is 22.5. The number of amides is 2. The monoisotopic (exact) mass is 427 g/mol. The predicted molar refractivity (Wildman–Crippen MR) is 122 cm³/mol. The zero-order chi connectivity index (χ0) is 22.8. The van der Waals surface area contributed by atoms with Gasteiger partial charge in [0.25, 0.3) is 17.5 Å². The second kappa shape index (κ2) is 8.47. The average Bonchev–Trinajstić information content (AvgIpc) is 3.04. The first kappa shape index (κ1) is 21.0. The molecule has 7 heteroatoms. The number of benzene rings is 3. The standard InChI is InChI=1S/C25H21N3O4/c1-17-7-6-10-21(15-17)27-24(29)22(19-11-13-20(14-12-19)28(31)32)23(25(27)30)26(2)16-18-8-4-3-5-9-18/h3-15H,16H2,1-2H3. The Morgan fingerprint density at radius 1 is 0.906 bits per heavy atom. The molecule has 0 radical (unpaired) electrons. The molecule has 0 spiro atoms. The molecule has 1 aliphatic rings. The first-order valence-corrected chi connectivity index (χ1v) is 10.1. The van der Waals surface area contributed by atoms with E-state index in [2.05, 4.69) is 0 Å². The quantitative estimate of drug-likeness (QED) is 0.332. The molecule has 1 aliphatic heterocycles. The first-order chi connectivity index (χ1) is 15.4. The van der Waals surface area contributed by atoms with Crippen molar-refractivity contribution in [2.45, 2.75) is 13.5 Å². The van der Waals surface area contributed by atoms with Gasteiger partial charge in [0, 0.05) is 25.7 Å². The minimum absolute atomic E-state index is 0.0825. The molecule has 160 valence electrons. The van der Waals surface area contributed by atoms with Crippen LogP contribution in [0.25, 0.3) is 5.57 Å². The van der Waals surface area contributed by atoms with Gasteiger partial charge in [0.2, 0.25) is 0 Å². The van der Waals surface area contributed by atoms with E-state index in [9.17, 15) is 19.7 Å². The normalized spacial score (nSPS) is 13.6. The Bertz CT molecular complexity index is 1230. The highest BCUT2D eigenvalue weighted by molar-refractivity contribution is 6.45. The molecule has 1 heterocycles. The van der Waals surface area contributed by atoms with Gasteiger partial charge in [-0.1, -0.05) is 42.5 Å². The van der Waals surface area contributed by atoms with Crippen molar-refractivity contribution in [3.05, 3.63) is 111 Å². The van der Waals surface area contributed by atoms with Crippen LogP contribution in [-0.4, -0.2) is 28.7 Å². The second-order valence-electron chi connectivity index (χ2n) is 7.65. The summed E-state index contributed by atoms with van der Waals surface area (Å²) >= 11 is 0. The number of non-ortho nitro benzene ring substituents is 1. The molecule has 0 atom stereocenters. The van der Waals surface area contributed by atoms with Crippen LogP contribution in [0.15, 0.2) is 84.6 Å². The van der Waals surface area contributed by atoms with Gasteiger partial charge in [0.1, 0.15) is 5.70 Å². The SMILES string of the molecule is Cc1cccc(N2C(=O)C(c3ccc([N+](=O)[O-])cc3)=C(N(C)Cc3ccccc3)C2=O)c1. The number of nitrogens with zero attached hydrogens (tertiary/aromatic N) is 3. The highest BCUT2D eigenvalue weighted by Gasteiger charge is 2.41. The van der Waals surface area contributed by atoms with E-state index in [1.165, 1.54) is 29.2 Å². The van der Waals surface area contributed by atoms with Crippen molar-refractivity contribution in [2.75, 3.05) is 11.9 Å². The average molecular weight is 427 g/mol. The number of anilines is 1. The van der Waals surface area contributed by atoms with E-state index in [-0.39, 0.29) is 17.0 Å². The van der Waals surface area contributed by atoms with Gasteiger partial charge in [0.05, 0.1) is 16.2 Å². The molecule has 0 N–H and O–H groups in total. The Morgan fingerprint density at radius 2 is 1.59 bits per heavy atom. The topological polar surface area (TPSA) is 83.8 Å². The van der Waals surface area contributed by atoms with E-state index in [4.69, 9.17) is 0 Å². The number of nitro groups is 1. The summed E-state index contributed by atoms with van der Waals surface area (Å²) in [6.45, 7) is 2.31. The third kappa shape index (κ3) is 3.88. The van der Waals surface area contributed by atoms with Gasteiger partial charge < -0.3 is 4.90 Å². The highest BCUT2D eigenvalue weighted by Crippen LogP contribution is 2.35. The molecule has 0 fully saturated rings. The Labute approximate surface area is 185 Å². The van der Waals surface area contributed by atoms with E-state index in [1.807, 2.05) is 43.3 Å². The lowest BCUT2D eigenvalue weighted by molar-refractivity contribution is -0.384. The van der Waals surface area contributed by atoms with Crippen molar-refractivity contribution in [1.82, 2.24) is 4.90 Å². The summed E-state index contributed by atoms with van der Waals surface area (Å²) in [7, 11) is 1.76. The lowest BCUT2D eigenvalue weighted by atomic mass is 10.0. The van der Waals surface area contributed by atoms with Crippen molar-refractivity contribution >= 4 is 28.8 Å². The fourth-order valence-electron chi connectivity index (χ4n) is 3.82. The molecular formula is C25H21N3O4. The van der Waals surface area contributed by atoms with Crippen LogP contribution in [0.2, 0.25) is 0 Å². The zero-order valence-electron chi connectivity index (χ0n) is 17.7. The Hall–Kier alpha value is -4.26. The molecule has 4 rings (SSSR count). The molecule has 0 saturated heterocycles. The molecule has 0 saturated carbocycles. The molecule has 32 heavy (non-hydrogen) atoms. The van der Waals surface area contributed by atoms with E-state index in [1.54, 1.807) is 30.1 Å². The van der Waals surface area contributed by atoms with Crippen LogP contribution in [0.5, 0.6) is 0 Å². The van der Waals surface area contributed by atoms with Gasteiger partial charge in [-0.05, 0) is 47.9 Å². The number of hydrogen-bond acceptors (Lipinski definition) is 5. The molecular weight excluding hydrogens is 406 g/mol.